The number of carbonyl (C=O) groups excluding carboxylic acids is 2. The summed E-state index contributed by atoms with van der Waals surface area (Å²) >= 11 is 1.56. The Kier molecular flexibility index (Phi) is 6.74. The molecule has 0 aromatic carbocycles. The molecule has 2 aromatic rings. The molecule has 8 heteroatoms. The van der Waals surface area contributed by atoms with Crippen LogP contribution in [0.1, 0.15) is 47.2 Å². The van der Waals surface area contributed by atoms with E-state index in [2.05, 4.69) is 19.8 Å². The van der Waals surface area contributed by atoms with Gasteiger partial charge in [0.05, 0.1) is 10.6 Å². The number of hydrogen-bond donors (Lipinski definition) is 0. The fourth-order valence-electron chi connectivity index (χ4n) is 4.15. The van der Waals surface area contributed by atoms with E-state index in [1.165, 1.54) is 4.88 Å². The second kappa shape index (κ2) is 9.66. The van der Waals surface area contributed by atoms with Crippen LogP contribution in [0.25, 0.3) is 0 Å². The molecule has 1 amide bonds. The largest absolute Gasteiger partial charge is 0.338 e. The number of Topliss-reactive ketones (excluding diaryl/α,β-unsaturated/α-hetero) is 1. The van der Waals surface area contributed by atoms with Gasteiger partial charge in [0, 0.05) is 56.4 Å². The van der Waals surface area contributed by atoms with Gasteiger partial charge in [0.1, 0.15) is 0 Å². The highest BCUT2D eigenvalue weighted by molar-refractivity contribution is 7.14. The van der Waals surface area contributed by atoms with Crippen molar-refractivity contribution in [2.45, 2.75) is 39.0 Å². The molecule has 4 rings (SSSR count). The Morgan fingerprint density at radius 1 is 1.07 bits per heavy atom. The molecule has 0 radical (unpaired) electrons. The minimum Gasteiger partial charge on any atom is -0.338 e. The highest BCUT2D eigenvalue weighted by Gasteiger charge is 2.25. The normalized spacial score (nSPS) is 17.7. The first kappa shape index (κ1) is 20.9. The van der Waals surface area contributed by atoms with Crippen LogP contribution in [0.2, 0.25) is 0 Å². The van der Waals surface area contributed by atoms with Gasteiger partial charge in [-0.15, -0.1) is 11.3 Å². The van der Waals surface area contributed by atoms with Crippen molar-refractivity contribution in [3.63, 3.8) is 0 Å². The molecule has 0 aliphatic carbocycles. The molecule has 0 saturated carbocycles. The number of unbranched alkanes of at least 4 members (excludes halogenated alkanes) is 1. The molecule has 1 saturated heterocycles. The smallest absolute Gasteiger partial charge is 0.227 e. The van der Waals surface area contributed by atoms with Crippen LogP contribution in [-0.4, -0.2) is 65.8 Å². The highest BCUT2D eigenvalue weighted by Crippen LogP contribution is 2.35. The van der Waals surface area contributed by atoms with Crippen molar-refractivity contribution in [2.24, 2.45) is 0 Å². The number of nitrogens with zero attached hydrogens (tertiary/aromatic N) is 5. The lowest BCUT2D eigenvalue weighted by Crippen LogP contribution is -2.47. The summed E-state index contributed by atoms with van der Waals surface area (Å²) in [6, 6.07) is 3.77. The van der Waals surface area contributed by atoms with Gasteiger partial charge in [-0.2, -0.15) is 0 Å². The lowest BCUT2D eigenvalue weighted by atomic mass is 10.2. The third-order valence-electron chi connectivity index (χ3n) is 5.83. The zero-order chi connectivity index (χ0) is 20.9. The average molecular weight is 428 g/mol. The van der Waals surface area contributed by atoms with Crippen molar-refractivity contribution in [3.05, 3.63) is 34.3 Å². The number of carbonyl (C=O) groups is 2. The molecule has 0 N–H and O–H groups in total. The van der Waals surface area contributed by atoms with Gasteiger partial charge in [-0.05, 0) is 51.3 Å². The lowest BCUT2D eigenvalue weighted by Gasteiger charge is -2.34. The van der Waals surface area contributed by atoms with Gasteiger partial charge in [0.15, 0.2) is 5.78 Å². The fourth-order valence-corrected chi connectivity index (χ4v) is 5.25. The van der Waals surface area contributed by atoms with Crippen LogP contribution in [0.15, 0.2) is 24.5 Å². The molecular formula is C22H29N5O2S. The van der Waals surface area contributed by atoms with Gasteiger partial charge < -0.3 is 9.80 Å². The molecule has 1 fully saturated rings. The van der Waals surface area contributed by atoms with E-state index in [1.807, 2.05) is 17.0 Å². The monoisotopic (exact) mass is 427 g/mol. The average Bonchev–Trinajstić information content (AvgIpc) is 3.13. The minimum absolute atomic E-state index is 0.0838. The third-order valence-corrected chi connectivity index (χ3v) is 7.12. The van der Waals surface area contributed by atoms with Gasteiger partial charge in [0.25, 0.3) is 0 Å². The van der Waals surface area contributed by atoms with Crippen molar-refractivity contribution >= 4 is 34.7 Å². The number of fused-ring (bicyclic) bond motifs is 1. The Labute approximate surface area is 181 Å². The van der Waals surface area contributed by atoms with Gasteiger partial charge in [-0.25, -0.2) is 9.97 Å². The van der Waals surface area contributed by atoms with Gasteiger partial charge >= 0.3 is 0 Å². The third kappa shape index (κ3) is 4.87. The van der Waals surface area contributed by atoms with E-state index < -0.39 is 0 Å². The number of aryl methyl sites for hydroxylation is 1. The van der Waals surface area contributed by atoms with Crippen molar-refractivity contribution in [1.29, 1.82) is 0 Å². The second-order valence-corrected chi connectivity index (χ2v) is 9.10. The number of thiophene rings is 1. The number of hydrogen-bond acceptors (Lipinski definition) is 7. The topological polar surface area (TPSA) is 69.6 Å². The van der Waals surface area contributed by atoms with E-state index in [-0.39, 0.29) is 11.7 Å². The zero-order valence-corrected chi connectivity index (χ0v) is 18.4. The first-order chi connectivity index (χ1) is 14.6. The van der Waals surface area contributed by atoms with E-state index >= 15 is 0 Å². The predicted octanol–water partition coefficient (Wildman–Crippen LogP) is 3.01. The molecule has 0 unspecified atom stereocenters. The van der Waals surface area contributed by atoms with Crippen LogP contribution >= 0.6 is 11.3 Å². The van der Waals surface area contributed by atoms with E-state index in [9.17, 15) is 9.59 Å². The molecule has 0 bridgehead atoms. The van der Waals surface area contributed by atoms with Crippen LogP contribution in [0.3, 0.4) is 0 Å². The molecule has 30 heavy (non-hydrogen) atoms. The molecule has 7 nitrogen and oxygen atoms in total. The van der Waals surface area contributed by atoms with Gasteiger partial charge in [-0.1, -0.05) is 0 Å². The molecule has 2 aliphatic rings. The summed E-state index contributed by atoms with van der Waals surface area (Å²) in [7, 11) is 0. The lowest BCUT2D eigenvalue weighted by molar-refractivity contribution is -0.118. The molecule has 4 heterocycles. The first-order valence-electron chi connectivity index (χ1n) is 10.8. The van der Waals surface area contributed by atoms with Crippen LogP contribution in [-0.2, 0) is 11.2 Å². The number of piperazine rings is 1. The van der Waals surface area contributed by atoms with Crippen LogP contribution in [0.4, 0.5) is 11.6 Å². The van der Waals surface area contributed by atoms with Crippen molar-refractivity contribution < 1.29 is 9.59 Å². The van der Waals surface area contributed by atoms with Crippen molar-refractivity contribution in [3.8, 4) is 0 Å². The fraction of sp³-hybridized carbons (Fsp3) is 0.545. The number of anilines is 2. The summed E-state index contributed by atoms with van der Waals surface area (Å²) in [5.41, 5.74) is 0.976. The summed E-state index contributed by atoms with van der Waals surface area (Å²) in [5, 5.41) is 0. The maximum atomic E-state index is 12.6. The molecule has 2 aromatic heterocycles. The SMILES string of the molecule is CC(=O)c1cc2c(s1)CCCC(=O)N2CCCCN1CCN(c2ncccn2)CC1. The van der Waals surface area contributed by atoms with Crippen LogP contribution < -0.4 is 9.80 Å². The molecular weight excluding hydrogens is 398 g/mol. The van der Waals surface area contributed by atoms with Gasteiger partial charge in [0.2, 0.25) is 11.9 Å². The van der Waals surface area contributed by atoms with E-state index in [4.69, 9.17) is 0 Å². The molecule has 2 aliphatic heterocycles. The van der Waals surface area contributed by atoms with Crippen LogP contribution in [0, 0.1) is 0 Å². The Balaban J connectivity index is 1.26. The second-order valence-electron chi connectivity index (χ2n) is 7.96. The van der Waals surface area contributed by atoms with Crippen molar-refractivity contribution in [2.75, 3.05) is 49.1 Å². The quantitative estimate of drug-likeness (QED) is 0.500. The Hall–Kier alpha value is -2.32. The summed E-state index contributed by atoms with van der Waals surface area (Å²) in [5.74, 6) is 1.09. The molecule has 0 atom stereocenters. The summed E-state index contributed by atoms with van der Waals surface area (Å²) < 4.78 is 0. The maximum absolute atomic E-state index is 12.6. The first-order valence-corrected chi connectivity index (χ1v) is 11.6. The minimum atomic E-state index is 0.0838. The molecule has 160 valence electrons. The Morgan fingerprint density at radius 3 is 2.53 bits per heavy atom. The number of aromatic nitrogens is 2. The summed E-state index contributed by atoms with van der Waals surface area (Å²) in [6.45, 7) is 7.29. The standard InChI is InChI=1S/C22H29N5O2S/c1-17(28)20-16-18-19(30-20)6-4-7-21(29)27(18)11-3-2-10-25-12-14-26(15-13-25)22-23-8-5-9-24-22/h5,8-9,16H,2-4,6-7,10-15H2,1H3. The van der Waals surface area contributed by atoms with E-state index in [0.29, 0.717) is 6.42 Å². The zero-order valence-electron chi connectivity index (χ0n) is 17.5. The number of amides is 1. The summed E-state index contributed by atoms with van der Waals surface area (Å²) in [6.07, 6.45) is 7.97. The Bertz CT molecular complexity index is 877. The number of ketones is 1. The van der Waals surface area contributed by atoms with Crippen molar-refractivity contribution in [1.82, 2.24) is 14.9 Å². The predicted molar refractivity (Wildman–Crippen MR) is 120 cm³/mol. The van der Waals surface area contributed by atoms with Crippen LogP contribution in [0.5, 0.6) is 0 Å². The summed E-state index contributed by atoms with van der Waals surface area (Å²) in [4.78, 5) is 41.7. The van der Waals surface area contributed by atoms with E-state index in [0.717, 1.165) is 81.5 Å². The Morgan fingerprint density at radius 2 is 1.80 bits per heavy atom. The number of rotatable bonds is 7. The van der Waals surface area contributed by atoms with Gasteiger partial charge in [-0.3, -0.25) is 14.5 Å². The maximum Gasteiger partial charge on any atom is 0.227 e. The molecule has 0 spiro atoms. The highest BCUT2D eigenvalue weighted by atomic mass is 32.1. The van der Waals surface area contributed by atoms with E-state index in [1.54, 1.807) is 30.7 Å².